The Morgan fingerprint density at radius 1 is 1.04 bits per heavy atom. The summed E-state index contributed by atoms with van der Waals surface area (Å²) in [5.41, 5.74) is 2.30. The number of aryl methyl sites for hydroxylation is 1. The minimum Gasteiger partial charge on any atom is -0.353 e. The van der Waals surface area contributed by atoms with Gasteiger partial charge in [0.25, 0.3) is 0 Å². The van der Waals surface area contributed by atoms with Crippen molar-refractivity contribution < 1.29 is 4.79 Å². The Bertz CT molecular complexity index is 645. The van der Waals surface area contributed by atoms with Gasteiger partial charge in [0.05, 0.1) is 6.54 Å². The largest absolute Gasteiger partial charge is 0.353 e. The second kappa shape index (κ2) is 9.45. The first-order valence-electron chi connectivity index (χ1n) is 8.37. The molecule has 0 bridgehead atoms. The predicted molar refractivity (Wildman–Crippen MR) is 100 cm³/mol. The molecule has 0 aliphatic heterocycles. The van der Waals surface area contributed by atoms with E-state index in [-0.39, 0.29) is 24.5 Å². The number of carbonyl (C=O) groups is 1. The molecule has 0 fully saturated rings. The molecule has 1 amide bonds. The number of carbonyl (C=O) groups excluding carboxylic acids is 1. The van der Waals surface area contributed by atoms with Crippen molar-refractivity contribution in [2.75, 3.05) is 6.54 Å². The smallest absolute Gasteiger partial charge is 0.234 e. The third-order valence-corrected chi connectivity index (χ3v) is 4.40. The molecule has 0 saturated carbocycles. The lowest BCUT2D eigenvalue weighted by molar-refractivity contribution is -0.121. The molecular formula is C20H25ClN2O. The van der Waals surface area contributed by atoms with Crippen molar-refractivity contribution in [3.05, 3.63) is 70.7 Å². The third kappa shape index (κ3) is 5.99. The summed E-state index contributed by atoms with van der Waals surface area (Å²) in [6, 6.07) is 18.2. The zero-order chi connectivity index (χ0) is 17.4. The highest BCUT2D eigenvalue weighted by Gasteiger charge is 2.12. The first-order valence-corrected chi connectivity index (χ1v) is 8.75. The Kier molecular flexibility index (Phi) is 7.29. The van der Waals surface area contributed by atoms with E-state index in [1.165, 1.54) is 5.56 Å². The van der Waals surface area contributed by atoms with Gasteiger partial charge in [-0.15, -0.1) is 0 Å². The number of nitrogens with one attached hydrogen (secondary N) is 2. The number of benzene rings is 2. The molecule has 0 aromatic heterocycles. The minimum atomic E-state index is 0.00876. The van der Waals surface area contributed by atoms with Crippen LogP contribution in [0, 0.1) is 0 Å². The lowest BCUT2D eigenvalue weighted by atomic mass is 10.1. The highest BCUT2D eigenvalue weighted by atomic mass is 35.5. The highest BCUT2D eigenvalue weighted by molar-refractivity contribution is 6.31. The van der Waals surface area contributed by atoms with E-state index < -0.39 is 0 Å². The standard InChI is InChI=1S/C20H25ClN2O/c1-15(12-13-17-8-4-3-5-9-17)23-20(24)14-22-16(2)18-10-6-7-11-19(18)21/h3-11,15-16,22H,12-14H2,1-2H3,(H,23,24)/t15-,16-/m1/s1. The van der Waals surface area contributed by atoms with Gasteiger partial charge in [-0.1, -0.05) is 60.1 Å². The second-order valence-corrected chi connectivity index (χ2v) is 6.52. The molecule has 0 unspecified atom stereocenters. The van der Waals surface area contributed by atoms with Crippen LogP contribution in [0.2, 0.25) is 5.02 Å². The first kappa shape index (κ1) is 18.5. The fraction of sp³-hybridized carbons (Fsp3) is 0.350. The van der Waals surface area contributed by atoms with Gasteiger partial charge in [0.1, 0.15) is 0 Å². The van der Waals surface area contributed by atoms with Crippen LogP contribution < -0.4 is 10.6 Å². The first-order chi connectivity index (χ1) is 11.6. The van der Waals surface area contributed by atoms with Crippen LogP contribution in [-0.2, 0) is 11.2 Å². The van der Waals surface area contributed by atoms with Gasteiger partial charge in [0.2, 0.25) is 5.91 Å². The summed E-state index contributed by atoms with van der Waals surface area (Å²) in [4.78, 5) is 12.1. The fourth-order valence-electron chi connectivity index (χ4n) is 2.61. The van der Waals surface area contributed by atoms with Crippen molar-refractivity contribution in [1.29, 1.82) is 0 Å². The Balaban J connectivity index is 1.71. The molecule has 2 N–H and O–H groups in total. The van der Waals surface area contributed by atoms with Crippen molar-refractivity contribution in [2.24, 2.45) is 0 Å². The Labute approximate surface area is 149 Å². The predicted octanol–water partition coefficient (Wildman–Crippen LogP) is 4.13. The molecule has 24 heavy (non-hydrogen) atoms. The Morgan fingerprint density at radius 3 is 2.42 bits per heavy atom. The number of rotatable bonds is 8. The zero-order valence-electron chi connectivity index (χ0n) is 14.3. The van der Waals surface area contributed by atoms with E-state index >= 15 is 0 Å². The molecule has 0 radical (unpaired) electrons. The summed E-state index contributed by atoms with van der Waals surface area (Å²) in [5.74, 6) is 0.00876. The van der Waals surface area contributed by atoms with Gasteiger partial charge in [-0.25, -0.2) is 0 Å². The van der Waals surface area contributed by atoms with Crippen molar-refractivity contribution in [3.63, 3.8) is 0 Å². The zero-order valence-corrected chi connectivity index (χ0v) is 15.0. The van der Waals surface area contributed by atoms with E-state index in [9.17, 15) is 4.79 Å². The molecule has 0 aliphatic rings. The molecule has 0 spiro atoms. The maximum atomic E-state index is 12.1. The van der Waals surface area contributed by atoms with Crippen LogP contribution in [0.1, 0.15) is 37.4 Å². The molecule has 2 aromatic carbocycles. The molecule has 2 atom stereocenters. The SMILES string of the molecule is C[C@H](CCc1ccccc1)NC(=O)CN[C@H](C)c1ccccc1Cl. The Morgan fingerprint density at radius 2 is 1.71 bits per heavy atom. The van der Waals surface area contributed by atoms with Gasteiger partial charge in [-0.2, -0.15) is 0 Å². The highest BCUT2D eigenvalue weighted by Crippen LogP contribution is 2.21. The average Bonchev–Trinajstić information content (AvgIpc) is 2.59. The quantitative estimate of drug-likeness (QED) is 0.756. The summed E-state index contributed by atoms with van der Waals surface area (Å²) in [6.45, 7) is 4.33. The van der Waals surface area contributed by atoms with E-state index in [1.54, 1.807) is 0 Å². The van der Waals surface area contributed by atoms with Crippen molar-refractivity contribution in [3.8, 4) is 0 Å². The van der Waals surface area contributed by atoms with Gasteiger partial charge in [-0.3, -0.25) is 4.79 Å². The van der Waals surface area contributed by atoms with E-state index in [1.807, 2.05) is 56.3 Å². The lowest BCUT2D eigenvalue weighted by Crippen LogP contribution is -2.39. The topological polar surface area (TPSA) is 41.1 Å². The van der Waals surface area contributed by atoms with Gasteiger partial charge in [-0.05, 0) is 43.9 Å². The van der Waals surface area contributed by atoms with Crippen LogP contribution in [-0.4, -0.2) is 18.5 Å². The van der Waals surface area contributed by atoms with Crippen LogP contribution >= 0.6 is 11.6 Å². The number of halogens is 1. The van der Waals surface area contributed by atoms with Crippen LogP contribution in [0.5, 0.6) is 0 Å². The second-order valence-electron chi connectivity index (χ2n) is 6.12. The van der Waals surface area contributed by atoms with Crippen molar-refractivity contribution in [2.45, 2.75) is 38.8 Å². The summed E-state index contributed by atoms with van der Waals surface area (Å²) in [7, 11) is 0. The molecule has 2 aromatic rings. The van der Waals surface area contributed by atoms with Gasteiger partial charge in [0, 0.05) is 17.1 Å². The Hall–Kier alpha value is -1.84. The monoisotopic (exact) mass is 344 g/mol. The van der Waals surface area contributed by atoms with Crippen LogP contribution in [0.4, 0.5) is 0 Å². The van der Waals surface area contributed by atoms with Crippen molar-refractivity contribution >= 4 is 17.5 Å². The van der Waals surface area contributed by atoms with E-state index in [0.717, 1.165) is 18.4 Å². The molecule has 3 nitrogen and oxygen atoms in total. The molecule has 4 heteroatoms. The summed E-state index contributed by atoms with van der Waals surface area (Å²) >= 11 is 6.18. The normalized spacial score (nSPS) is 13.3. The molecular weight excluding hydrogens is 320 g/mol. The average molecular weight is 345 g/mol. The van der Waals surface area contributed by atoms with Crippen molar-refractivity contribution in [1.82, 2.24) is 10.6 Å². The molecule has 2 rings (SSSR count). The number of amides is 1. The third-order valence-electron chi connectivity index (χ3n) is 4.06. The maximum absolute atomic E-state index is 12.1. The van der Waals surface area contributed by atoms with Gasteiger partial charge < -0.3 is 10.6 Å². The lowest BCUT2D eigenvalue weighted by Gasteiger charge is -2.18. The summed E-state index contributed by atoms with van der Waals surface area (Å²) < 4.78 is 0. The molecule has 128 valence electrons. The summed E-state index contributed by atoms with van der Waals surface area (Å²) in [6.07, 6.45) is 1.89. The molecule has 0 heterocycles. The maximum Gasteiger partial charge on any atom is 0.234 e. The summed E-state index contributed by atoms with van der Waals surface area (Å²) in [5, 5.41) is 6.98. The molecule has 0 aliphatic carbocycles. The van der Waals surface area contributed by atoms with E-state index in [0.29, 0.717) is 5.02 Å². The van der Waals surface area contributed by atoms with E-state index in [2.05, 4.69) is 22.8 Å². The van der Waals surface area contributed by atoms with Crippen LogP contribution in [0.25, 0.3) is 0 Å². The van der Waals surface area contributed by atoms with Crippen LogP contribution in [0.15, 0.2) is 54.6 Å². The fourth-order valence-corrected chi connectivity index (χ4v) is 2.91. The van der Waals surface area contributed by atoms with E-state index in [4.69, 9.17) is 11.6 Å². The van der Waals surface area contributed by atoms with Gasteiger partial charge in [0.15, 0.2) is 0 Å². The molecule has 0 saturated heterocycles. The minimum absolute atomic E-state index is 0.00876. The number of hydrogen-bond donors (Lipinski definition) is 2. The number of hydrogen-bond acceptors (Lipinski definition) is 2. The van der Waals surface area contributed by atoms with Crippen LogP contribution in [0.3, 0.4) is 0 Å². The van der Waals surface area contributed by atoms with Gasteiger partial charge >= 0.3 is 0 Å².